The van der Waals surface area contributed by atoms with Crippen molar-refractivity contribution >= 4 is 17.8 Å². The van der Waals surface area contributed by atoms with Crippen LogP contribution in [0, 0.1) is 31.6 Å². The van der Waals surface area contributed by atoms with E-state index in [-0.39, 0.29) is 17.9 Å². The fourth-order valence-corrected chi connectivity index (χ4v) is 6.92. The molecule has 0 aromatic carbocycles. The van der Waals surface area contributed by atoms with E-state index < -0.39 is 0 Å². The molecule has 0 radical (unpaired) electrons. The van der Waals surface area contributed by atoms with E-state index in [9.17, 15) is 14.4 Å². The number of hydrogen-bond donors (Lipinski definition) is 1. The fraction of sp³-hybridized carbons (Fsp3) is 0.769. The van der Waals surface area contributed by atoms with Gasteiger partial charge in [-0.25, -0.2) is 4.79 Å². The van der Waals surface area contributed by atoms with Gasteiger partial charge in [-0.15, -0.1) is 0 Å². The second-order valence-corrected chi connectivity index (χ2v) is 11.0. The van der Waals surface area contributed by atoms with Gasteiger partial charge in [0.05, 0.1) is 5.69 Å². The summed E-state index contributed by atoms with van der Waals surface area (Å²) >= 11 is 0. The van der Waals surface area contributed by atoms with Gasteiger partial charge in [-0.2, -0.15) is 5.10 Å². The monoisotopic (exact) mass is 484 g/mol. The third kappa shape index (κ3) is 4.66. The number of fused-ring (bicyclic) bond motifs is 4. The Morgan fingerprint density at radius 3 is 2.54 bits per heavy atom. The lowest BCUT2D eigenvalue weighted by Crippen LogP contribution is -2.62. The molecule has 2 bridgehead atoms. The maximum absolute atomic E-state index is 13.4. The van der Waals surface area contributed by atoms with Gasteiger partial charge in [0.25, 0.3) is 0 Å². The Hall–Kier alpha value is -2.58. The van der Waals surface area contributed by atoms with Gasteiger partial charge in [-0.1, -0.05) is 0 Å². The van der Waals surface area contributed by atoms with Crippen molar-refractivity contribution in [2.45, 2.75) is 78.4 Å². The molecule has 2 unspecified atom stereocenters. The van der Waals surface area contributed by atoms with Crippen LogP contribution in [0.1, 0.15) is 62.4 Å². The Balaban J connectivity index is 1.12. The number of hydrogen-bond acceptors (Lipinski definition) is 4. The highest BCUT2D eigenvalue weighted by Gasteiger charge is 2.45. The van der Waals surface area contributed by atoms with Crippen LogP contribution in [0.25, 0.3) is 0 Å². The second-order valence-electron chi connectivity index (χ2n) is 11.0. The Labute approximate surface area is 208 Å². The maximum Gasteiger partial charge on any atom is 0.320 e. The van der Waals surface area contributed by atoms with Gasteiger partial charge in [0.2, 0.25) is 11.8 Å². The van der Waals surface area contributed by atoms with E-state index in [1.54, 1.807) is 0 Å². The van der Waals surface area contributed by atoms with Crippen LogP contribution >= 0.6 is 0 Å². The average molecular weight is 485 g/mol. The van der Waals surface area contributed by atoms with Gasteiger partial charge in [-0.05, 0) is 64.7 Å². The summed E-state index contributed by atoms with van der Waals surface area (Å²) in [6, 6.07) is 0.432. The molecule has 4 aliphatic heterocycles. The van der Waals surface area contributed by atoms with Gasteiger partial charge in [0.1, 0.15) is 0 Å². The Kier molecular flexibility index (Phi) is 6.77. The van der Waals surface area contributed by atoms with Crippen LogP contribution in [-0.2, 0) is 22.7 Å². The predicted molar refractivity (Wildman–Crippen MR) is 131 cm³/mol. The highest BCUT2D eigenvalue weighted by Crippen LogP contribution is 2.38. The van der Waals surface area contributed by atoms with Crippen LogP contribution in [0.4, 0.5) is 4.79 Å². The molecular weight excluding hydrogens is 444 g/mol. The van der Waals surface area contributed by atoms with Crippen molar-refractivity contribution in [3.63, 3.8) is 0 Å². The molecule has 35 heavy (non-hydrogen) atoms. The highest BCUT2D eigenvalue weighted by atomic mass is 16.2. The molecule has 9 nitrogen and oxygen atoms in total. The molecule has 4 aliphatic rings. The summed E-state index contributed by atoms with van der Waals surface area (Å²) in [5, 5.41) is 7.65. The van der Waals surface area contributed by atoms with Crippen LogP contribution in [0.5, 0.6) is 0 Å². The number of carbonyl (C=O) groups excluding carboxylic acids is 3. The molecule has 192 valence electrons. The Morgan fingerprint density at radius 2 is 1.83 bits per heavy atom. The summed E-state index contributed by atoms with van der Waals surface area (Å²) < 4.78 is 1.97. The number of aryl methyl sites for hydroxylation is 2. The number of aromatic nitrogens is 2. The van der Waals surface area contributed by atoms with E-state index >= 15 is 0 Å². The maximum atomic E-state index is 13.4. The fourth-order valence-electron chi connectivity index (χ4n) is 6.92. The summed E-state index contributed by atoms with van der Waals surface area (Å²) in [7, 11) is 0. The van der Waals surface area contributed by atoms with Crippen LogP contribution in [0.3, 0.4) is 0 Å². The van der Waals surface area contributed by atoms with Crippen molar-refractivity contribution in [2.75, 3.05) is 32.7 Å². The lowest BCUT2D eigenvalue weighted by molar-refractivity contribution is -0.144. The normalized spacial score (nSPS) is 27.1. The first-order chi connectivity index (χ1) is 16.9. The minimum atomic E-state index is -0.0524. The van der Waals surface area contributed by atoms with Gasteiger partial charge in [-0.3, -0.25) is 14.3 Å². The average Bonchev–Trinajstić information content (AvgIpc) is 3.15. The third-order valence-corrected chi connectivity index (χ3v) is 8.86. The van der Waals surface area contributed by atoms with Crippen molar-refractivity contribution < 1.29 is 14.4 Å². The molecule has 4 amide bonds. The minimum absolute atomic E-state index is 0.0524. The summed E-state index contributed by atoms with van der Waals surface area (Å²) in [4.78, 5) is 44.7. The van der Waals surface area contributed by atoms with Gasteiger partial charge in [0.15, 0.2) is 0 Å². The Morgan fingerprint density at radius 1 is 1.06 bits per heavy atom. The van der Waals surface area contributed by atoms with Crippen molar-refractivity contribution in [1.29, 1.82) is 0 Å². The highest BCUT2D eigenvalue weighted by molar-refractivity contribution is 5.80. The smallest absolute Gasteiger partial charge is 0.320 e. The van der Waals surface area contributed by atoms with Crippen LogP contribution in [-0.4, -0.2) is 81.1 Å². The molecule has 1 N–H and O–H groups in total. The number of amides is 4. The van der Waals surface area contributed by atoms with Gasteiger partial charge >= 0.3 is 6.03 Å². The largest absolute Gasteiger partial charge is 0.352 e. The zero-order valence-electron chi connectivity index (χ0n) is 21.5. The molecule has 3 atom stereocenters. The van der Waals surface area contributed by atoms with Crippen LogP contribution in [0.15, 0.2) is 0 Å². The summed E-state index contributed by atoms with van der Waals surface area (Å²) in [5.74, 6) is 1.13. The van der Waals surface area contributed by atoms with Gasteiger partial charge < -0.3 is 20.0 Å². The number of carbonyl (C=O) groups is 3. The van der Waals surface area contributed by atoms with E-state index in [1.165, 1.54) is 0 Å². The number of piperidine rings is 4. The molecule has 5 heterocycles. The van der Waals surface area contributed by atoms with E-state index in [4.69, 9.17) is 0 Å². The van der Waals surface area contributed by atoms with E-state index in [0.717, 1.165) is 62.4 Å². The van der Waals surface area contributed by atoms with Crippen LogP contribution < -0.4 is 5.32 Å². The first kappa shape index (κ1) is 24.1. The lowest BCUT2D eigenvalue weighted by Gasteiger charge is -2.53. The third-order valence-electron chi connectivity index (χ3n) is 8.86. The van der Waals surface area contributed by atoms with Crippen molar-refractivity contribution in [3.8, 4) is 0 Å². The zero-order chi connectivity index (χ0) is 24.7. The van der Waals surface area contributed by atoms with Crippen molar-refractivity contribution in [1.82, 2.24) is 29.8 Å². The topological polar surface area (TPSA) is 90.8 Å². The standard InChI is InChI=1S/C26H40N6O3/c1-4-32-18(3)22(17(2)28-32)13-27-25(34)20-8-10-29(11-9-20)26(35)30-14-19-12-21(16-30)23-6-5-7-24(33)31(23)15-19/h19-21,23H,4-16H2,1-3H3,(H,27,34)/t19?,21?,23-/m1/s1. The molecule has 0 saturated carbocycles. The second kappa shape index (κ2) is 9.82. The van der Waals surface area contributed by atoms with Crippen molar-refractivity contribution in [2.24, 2.45) is 17.8 Å². The number of nitrogens with zero attached hydrogens (tertiary/aromatic N) is 5. The Bertz CT molecular complexity index is 982. The predicted octanol–water partition coefficient (Wildman–Crippen LogP) is 2.30. The molecule has 1 aromatic heterocycles. The van der Waals surface area contributed by atoms with E-state index in [2.05, 4.69) is 22.2 Å². The first-order valence-corrected chi connectivity index (χ1v) is 13.5. The molecule has 0 spiro atoms. The van der Waals surface area contributed by atoms with E-state index in [1.807, 2.05) is 28.3 Å². The molecule has 4 saturated heterocycles. The van der Waals surface area contributed by atoms with Crippen LogP contribution in [0.2, 0.25) is 0 Å². The summed E-state index contributed by atoms with van der Waals surface area (Å²) in [5.41, 5.74) is 3.18. The molecular formula is C26H40N6O3. The number of urea groups is 1. The molecule has 9 heteroatoms. The molecule has 1 aromatic rings. The van der Waals surface area contributed by atoms with Crippen molar-refractivity contribution in [3.05, 3.63) is 17.0 Å². The van der Waals surface area contributed by atoms with E-state index in [0.29, 0.717) is 62.7 Å². The number of nitrogens with one attached hydrogen (secondary N) is 1. The molecule has 0 aliphatic carbocycles. The first-order valence-electron chi connectivity index (χ1n) is 13.5. The van der Waals surface area contributed by atoms with Gasteiger partial charge in [0, 0.05) is 75.5 Å². The molecule has 4 fully saturated rings. The summed E-state index contributed by atoms with van der Waals surface area (Å²) in [6.07, 6.45) is 5.28. The summed E-state index contributed by atoms with van der Waals surface area (Å²) in [6.45, 7) is 11.0. The SMILES string of the molecule is CCn1nc(C)c(CNC(=O)C2CCN(C(=O)N3CC4CC(C3)[C@H]3CCCC(=O)N3C4)CC2)c1C. The zero-order valence-corrected chi connectivity index (χ0v) is 21.5. The lowest BCUT2D eigenvalue weighted by atomic mass is 9.76. The minimum Gasteiger partial charge on any atom is -0.352 e. The quantitative estimate of drug-likeness (QED) is 0.710. The molecule has 5 rings (SSSR count). The number of rotatable bonds is 4. The number of likely N-dealkylation sites (tertiary alicyclic amines) is 2.